The highest BCUT2D eigenvalue weighted by Crippen LogP contribution is 2.27. The quantitative estimate of drug-likeness (QED) is 0.435. The molecule has 15 heavy (non-hydrogen) atoms. The zero-order chi connectivity index (χ0) is 11.1. The molecular weight excluding hydrogens is 228 g/mol. The summed E-state index contributed by atoms with van der Waals surface area (Å²) in [6, 6.07) is 4.26. The second-order valence-corrected chi connectivity index (χ2v) is 5.81. The molecule has 0 N–H and O–H groups in total. The molecule has 0 aliphatic carbocycles. The third kappa shape index (κ3) is 5.23. The molecular formula is C11H16O2S2. The first-order valence-corrected chi connectivity index (χ1v) is 6.87. The third-order valence-electron chi connectivity index (χ3n) is 1.79. The van der Waals surface area contributed by atoms with E-state index in [1.54, 1.807) is 11.3 Å². The van der Waals surface area contributed by atoms with E-state index < -0.39 is 0 Å². The van der Waals surface area contributed by atoms with Crippen molar-refractivity contribution in [1.82, 2.24) is 0 Å². The summed E-state index contributed by atoms with van der Waals surface area (Å²) in [7, 11) is 0. The molecule has 0 saturated carbocycles. The average molecular weight is 244 g/mol. The highest BCUT2D eigenvalue weighted by molar-refractivity contribution is 8.01. The smallest absolute Gasteiger partial charge is 0.305 e. The fourth-order valence-corrected chi connectivity index (χ4v) is 3.24. The topological polar surface area (TPSA) is 26.3 Å². The lowest BCUT2D eigenvalue weighted by Crippen LogP contribution is -2.03. The molecule has 0 bridgehead atoms. The van der Waals surface area contributed by atoms with Gasteiger partial charge in [-0.3, -0.25) is 4.79 Å². The van der Waals surface area contributed by atoms with E-state index in [1.165, 1.54) is 9.09 Å². The third-order valence-corrected chi connectivity index (χ3v) is 4.10. The molecule has 0 aliphatic rings. The van der Waals surface area contributed by atoms with E-state index >= 15 is 0 Å². The van der Waals surface area contributed by atoms with E-state index in [-0.39, 0.29) is 5.97 Å². The molecule has 4 heteroatoms. The van der Waals surface area contributed by atoms with E-state index in [0.29, 0.717) is 13.0 Å². The van der Waals surface area contributed by atoms with Crippen molar-refractivity contribution in [3.05, 3.63) is 17.0 Å². The average Bonchev–Trinajstić information content (AvgIpc) is 2.60. The highest BCUT2D eigenvalue weighted by Gasteiger charge is 2.02. The summed E-state index contributed by atoms with van der Waals surface area (Å²) in [6.45, 7) is 4.42. The fourth-order valence-electron chi connectivity index (χ4n) is 1.11. The number of thiophene rings is 1. The van der Waals surface area contributed by atoms with Crippen LogP contribution in [0.3, 0.4) is 0 Å². The molecule has 2 nitrogen and oxygen atoms in total. The van der Waals surface area contributed by atoms with Gasteiger partial charge in [-0.1, -0.05) is 0 Å². The van der Waals surface area contributed by atoms with Crippen molar-refractivity contribution in [3.63, 3.8) is 0 Å². The molecule has 0 aliphatic heterocycles. The van der Waals surface area contributed by atoms with Crippen molar-refractivity contribution in [1.29, 1.82) is 0 Å². The molecule has 0 fully saturated rings. The van der Waals surface area contributed by atoms with Crippen LogP contribution in [0, 0.1) is 6.92 Å². The molecule has 0 saturated heterocycles. The lowest BCUT2D eigenvalue weighted by molar-refractivity contribution is -0.143. The highest BCUT2D eigenvalue weighted by atomic mass is 32.2. The maximum atomic E-state index is 11.0. The van der Waals surface area contributed by atoms with E-state index in [1.807, 2.05) is 18.7 Å². The zero-order valence-corrected chi connectivity index (χ0v) is 10.7. The van der Waals surface area contributed by atoms with Gasteiger partial charge in [0.25, 0.3) is 0 Å². The lowest BCUT2D eigenvalue weighted by atomic mass is 10.3. The molecule has 1 heterocycles. The summed E-state index contributed by atoms with van der Waals surface area (Å²) < 4.78 is 6.18. The van der Waals surface area contributed by atoms with Gasteiger partial charge < -0.3 is 4.74 Å². The molecule has 1 rings (SSSR count). The normalized spacial score (nSPS) is 10.3. The van der Waals surface area contributed by atoms with Crippen LogP contribution in [0.1, 0.15) is 24.6 Å². The second kappa shape index (κ2) is 6.90. The van der Waals surface area contributed by atoms with Crippen molar-refractivity contribution < 1.29 is 9.53 Å². The van der Waals surface area contributed by atoms with Crippen LogP contribution in [-0.2, 0) is 9.53 Å². The summed E-state index contributed by atoms with van der Waals surface area (Å²) in [5, 5.41) is 0. The molecule has 0 aromatic carbocycles. The second-order valence-electron chi connectivity index (χ2n) is 3.12. The standard InChI is InChI=1S/C11H16O2S2/c1-3-13-10(12)5-4-8-14-11-7-6-9(2)15-11/h6-7H,3-5,8H2,1-2H3. The Hall–Kier alpha value is -0.480. The van der Waals surface area contributed by atoms with Gasteiger partial charge in [-0.05, 0) is 38.2 Å². The summed E-state index contributed by atoms with van der Waals surface area (Å²) in [4.78, 5) is 12.4. The van der Waals surface area contributed by atoms with Crippen LogP contribution in [0.15, 0.2) is 16.3 Å². The number of thioether (sulfide) groups is 1. The monoisotopic (exact) mass is 244 g/mol. The Morgan fingerprint density at radius 1 is 1.53 bits per heavy atom. The number of carbonyl (C=O) groups is 1. The molecule has 0 amide bonds. The van der Waals surface area contributed by atoms with Gasteiger partial charge in [0, 0.05) is 11.3 Å². The molecule has 0 atom stereocenters. The van der Waals surface area contributed by atoms with Crippen molar-refractivity contribution in [2.24, 2.45) is 0 Å². The van der Waals surface area contributed by atoms with Gasteiger partial charge in [0.15, 0.2) is 0 Å². The first kappa shape index (κ1) is 12.6. The minimum Gasteiger partial charge on any atom is -0.466 e. The number of esters is 1. The van der Waals surface area contributed by atoms with Gasteiger partial charge in [-0.2, -0.15) is 0 Å². The van der Waals surface area contributed by atoms with Crippen LogP contribution < -0.4 is 0 Å². The molecule has 0 spiro atoms. The molecule has 1 aromatic heterocycles. The van der Waals surface area contributed by atoms with Crippen molar-refractivity contribution in [3.8, 4) is 0 Å². The summed E-state index contributed by atoms with van der Waals surface area (Å²) >= 11 is 3.62. The Bertz CT molecular complexity index is 307. The number of carbonyl (C=O) groups excluding carboxylic acids is 1. The predicted molar refractivity (Wildman–Crippen MR) is 65.6 cm³/mol. The van der Waals surface area contributed by atoms with Crippen LogP contribution in [0.5, 0.6) is 0 Å². The summed E-state index contributed by atoms with van der Waals surface area (Å²) in [6.07, 6.45) is 1.42. The molecule has 0 radical (unpaired) electrons. The first-order valence-electron chi connectivity index (χ1n) is 5.07. The van der Waals surface area contributed by atoms with Gasteiger partial charge in [0.2, 0.25) is 0 Å². The van der Waals surface area contributed by atoms with Crippen molar-refractivity contribution in [2.45, 2.75) is 30.9 Å². The van der Waals surface area contributed by atoms with Crippen molar-refractivity contribution >= 4 is 29.1 Å². The number of hydrogen-bond donors (Lipinski definition) is 0. The number of hydrogen-bond acceptors (Lipinski definition) is 4. The minimum absolute atomic E-state index is 0.0829. The lowest BCUT2D eigenvalue weighted by Gasteiger charge is -2.00. The van der Waals surface area contributed by atoms with Gasteiger partial charge in [-0.25, -0.2) is 0 Å². The summed E-state index contributed by atoms with van der Waals surface area (Å²) in [5.74, 6) is 0.902. The SMILES string of the molecule is CCOC(=O)CCCSc1ccc(C)s1. The minimum atomic E-state index is -0.0829. The van der Waals surface area contributed by atoms with Gasteiger partial charge >= 0.3 is 5.97 Å². The molecule has 84 valence electrons. The van der Waals surface area contributed by atoms with Crippen LogP contribution in [-0.4, -0.2) is 18.3 Å². The van der Waals surface area contributed by atoms with Crippen LogP contribution in [0.25, 0.3) is 0 Å². The van der Waals surface area contributed by atoms with E-state index in [0.717, 1.165) is 12.2 Å². The molecule has 1 aromatic rings. The predicted octanol–water partition coefficient (Wildman–Crippen LogP) is 3.49. The van der Waals surface area contributed by atoms with E-state index in [9.17, 15) is 4.79 Å². The Balaban J connectivity index is 2.09. The Morgan fingerprint density at radius 3 is 2.93 bits per heavy atom. The zero-order valence-electron chi connectivity index (χ0n) is 9.12. The Kier molecular flexibility index (Phi) is 5.79. The first-order chi connectivity index (χ1) is 7.22. The van der Waals surface area contributed by atoms with Gasteiger partial charge in [-0.15, -0.1) is 23.1 Å². The Morgan fingerprint density at radius 2 is 2.33 bits per heavy atom. The largest absolute Gasteiger partial charge is 0.466 e. The number of ether oxygens (including phenoxy) is 1. The van der Waals surface area contributed by atoms with E-state index in [4.69, 9.17) is 4.74 Å². The fraction of sp³-hybridized carbons (Fsp3) is 0.545. The van der Waals surface area contributed by atoms with Crippen LogP contribution in [0.4, 0.5) is 0 Å². The Labute approximate surface area is 99.0 Å². The van der Waals surface area contributed by atoms with Crippen LogP contribution in [0.2, 0.25) is 0 Å². The maximum absolute atomic E-state index is 11.0. The number of aryl methyl sites for hydroxylation is 1. The van der Waals surface area contributed by atoms with Gasteiger partial charge in [0.05, 0.1) is 10.8 Å². The van der Waals surface area contributed by atoms with E-state index in [2.05, 4.69) is 19.1 Å². The van der Waals surface area contributed by atoms with Crippen LogP contribution >= 0.6 is 23.1 Å². The maximum Gasteiger partial charge on any atom is 0.305 e. The summed E-state index contributed by atoms with van der Waals surface area (Å²) in [5.41, 5.74) is 0. The number of rotatable bonds is 6. The molecule has 0 unspecified atom stereocenters. The van der Waals surface area contributed by atoms with Crippen molar-refractivity contribution in [2.75, 3.05) is 12.4 Å². The van der Waals surface area contributed by atoms with Gasteiger partial charge in [0.1, 0.15) is 0 Å².